The topological polar surface area (TPSA) is 113 Å². The summed E-state index contributed by atoms with van der Waals surface area (Å²) in [4.78, 5) is 35.7. The van der Waals surface area contributed by atoms with Crippen LogP contribution in [0, 0.1) is 5.92 Å². The molecule has 7 heteroatoms. The van der Waals surface area contributed by atoms with Crippen molar-refractivity contribution in [3.8, 4) is 0 Å². The SMILES string of the molecule is CCC(C)(NC(=O)N1CCC(C(N)=O)CC1)C(=O)O. The van der Waals surface area contributed by atoms with E-state index >= 15 is 0 Å². The number of rotatable bonds is 4. The molecule has 7 nitrogen and oxygen atoms in total. The van der Waals surface area contributed by atoms with Crippen molar-refractivity contribution in [1.29, 1.82) is 0 Å². The van der Waals surface area contributed by atoms with Crippen molar-refractivity contribution in [1.82, 2.24) is 10.2 Å². The first kappa shape index (κ1) is 15.3. The highest BCUT2D eigenvalue weighted by Gasteiger charge is 2.35. The molecule has 0 aromatic carbocycles. The van der Waals surface area contributed by atoms with Crippen molar-refractivity contribution in [3.63, 3.8) is 0 Å². The van der Waals surface area contributed by atoms with Crippen molar-refractivity contribution < 1.29 is 19.5 Å². The van der Waals surface area contributed by atoms with Gasteiger partial charge in [-0.25, -0.2) is 9.59 Å². The average molecular weight is 271 g/mol. The minimum absolute atomic E-state index is 0.193. The number of amides is 3. The number of hydrogen-bond acceptors (Lipinski definition) is 3. The van der Waals surface area contributed by atoms with Crippen molar-refractivity contribution in [2.45, 2.75) is 38.6 Å². The fourth-order valence-electron chi connectivity index (χ4n) is 1.98. The lowest BCUT2D eigenvalue weighted by molar-refractivity contribution is -0.143. The van der Waals surface area contributed by atoms with Gasteiger partial charge in [-0.3, -0.25) is 4.79 Å². The minimum atomic E-state index is -1.27. The molecule has 0 aliphatic carbocycles. The lowest BCUT2D eigenvalue weighted by atomic mass is 9.96. The number of urea groups is 1. The van der Waals surface area contributed by atoms with E-state index in [1.54, 1.807) is 6.92 Å². The summed E-state index contributed by atoms with van der Waals surface area (Å²) in [6.45, 7) is 4.01. The maximum atomic E-state index is 12.0. The Morgan fingerprint density at radius 2 is 1.89 bits per heavy atom. The second-order valence-corrected chi connectivity index (χ2v) is 5.08. The van der Waals surface area contributed by atoms with Crippen molar-refractivity contribution in [3.05, 3.63) is 0 Å². The Morgan fingerprint density at radius 1 is 1.37 bits per heavy atom. The van der Waals surface area contributed by atoms with Crippen LogP contribution in [0.25, 0.3) is 0 Å². The fraction of sp³-hybridized carbons (Fsp3) is 0.750. The molecule has 0 bridgehead atoms. The van der Waals surface area contributed by atoms with E-state index in [4.69, 9.17) is 10.8 Å². The minimum Gasteiger partial charge on any atom is -0.480 e. The van der Waals surface area contributed by atoms with Gasteiger partial charge in [-0.1, -0.05) is 6.92 Å². The van der Waals surface area contributed by atoms with Gasteiger partial charge < -0.3 is 21.1 Å². The molecular weight excluding hydrogens is 250 g/mol. The van der Waals surface area contributed by atoms with Crippen LogP contribution in [0.2, 0.25) is 0 Å². The number of carbonyl (C=O) groups is 3. The first-order valence-corrected chi connectivity index (χ1v) is 6.40. The van der Waals surface area contributed by atoms with Gasteiger partial charge in [0.2, 0.25) is 5.91 Å². The van der Waals surface area contributed by atoms with E-state index < -0.39 is 17.5 Å². The summed E-state index contributed by atoms with van der Waals surface area (Å²) < 4.78 is 0. The number of likely N-dealkylation sites (tertiary alicyclic amines) is 1. The van der Waals surface area contributed by atoms with E-state index in [1.165, 1.54) is 11.8 Å². The van der Waals surface area contributed by atoms with E-state index in [2.05, 4.69) is 5.32 Å². The number of carboxylic acid groups (broad SMARTS) is 1. The Hall–Kier alpha value is -1.79. The second-order valence-electron chi connectivity index (χ2n) is 5.08. The quantitative estimate of drug-likeness (QED) is 0.675. The highest BCUT2D eigenvalue weighted by Crippen LogP contribution is 2.18. The standard InChI is InChI=1S/C12H21N3O4/c1-3-12(2,10(17)18)14-11(19)15-6-4-8(5-7-15)9(13)16/h8H,3-7H2,1-2H3,(H2,13,16)(H,14,19)(H,17,18). The van der Waals surface area contributed by atoms with Crippen molar-refractivity contribution in [2.75, 3.05) is 13.1 Å². The van der Waals surface area contributed by atoms with Crippen LogP contribution in [0.15, 0.2) is 0 Å². The van der Waals surface area contributed by atoms with Gasteiger partial charge in [0, 0.05) is 19.0 Å². The molecule has 1 aliphatic heterocycles. The monoisotopic (exact) mass is 271 g/mol. The number of nitrogens with one attached hydrogen (secondary N) is 1. The van der Waals surface area contributed by atoms with Gasteiger partial charge in [-0.05, 0) is 26.2 Å². The number of nitrogens with zero attached hydrogens (tertiary/aromatic N) is 1. The zero-order valence-electron chi connectivity index (χ0n) is 11.3. The summed E-state index contributed by atoms with van der Waals surface area (Å²) in [6, 6.07) is -0.408. The number of piperidine rings is 1. The third-order valence-electron chi connectivity index (χ3n) is 3.75. The summed E-state index contributed by atoms with van der Waals surface area (Å²) >= 11 is 0. The smallest absolute Gasteiger partial charge is 0.329 e. The van der Waals surface area contributed by atoms with Crippen LogP contribution in [0.3, 0.4) is 0 Å². The highest BCUT2D eigenvalue weighted by atomic mass is 16.4. The first-order valence-electron chi connectivity index (χ1n) is 6.40. The van der Waals surface area contributed by atoms with Gasteiger partial charge in [0.1, 0.15) is 5.54 Å². The molecule has 19 heavy (non-hydrogen) atoms. The molecule has 0 radical (unpaired) electrons. The van der Waals surface area contributed by atoms with Crippen molar-refractivity contribution >= 4 is 17.9 Å². The Labute approximate surface area is 112 Å². The molecule has 1 rings (SSSR count). The molecule has 1 saturated heterocycles. The molecule has 0 saturated carbocycles. The number of carbonyl (C=O) groups excluding carboxylic acids is 2. The summed E-state index contributed by atoms with van der Waals surface area (Å²) in [7, 11) is 0. The van der Waals surface area contributed by atoms with E-state index in [9.17, 15) is 14.4 Å². The molecule has 0 aromatic heterocycles. The normalized spacial score (nSPS) is 19.6. The van der Waals surface area contributed by atoms with Gasteiger partial charge in [0.15, 0.2) is 0 Å². The van der Waals surface area contributed by atoms with Gasteiger partial charge in [-0.2, -0.15) is 0 Å². The number of aliphatic carboxylic acids is 1. The third-order valence-corrected chi connectivity index (χ3v) is 3.75. The fourth-order valence-corrected chi connectivity index (χ4v) is 1.98. The van der Waals surface area contributed by atoms with E-state index in [1.807, 2.05) is 0 Å². The number of hydrogen-bond donors (Lipinski definition) is 3. The maximum Gasteiger partial charge on any atom is 0.329 e. The predicted octanol–water partition coefficient (Wildman–Crippen LogP) is 0.147. The summed E-state index contributed by atoms with van der Waals surface area (Å²) in [5, 5.41) is 11.6. The lowest BCUT2D eigenvalue weighted by Crippen LogP contribution is -2.57. The Balaban J connectivity index is 2.56. The molecule has 0 aromatic rings. The van der Waals surface area contributed by atoms with Crippen molar-refractivity contribution in [2.24, 2.45) is 11.7 Å². The molecule has 108 valence electrons. The van der Waals surface area contributed by atoms with E-state index in [0.717, 1.165) is 0 Å². The van der Waals surface area contributed by atoms with Gasteiger partial charge in [0.05, 0.1) is 0 Å². The first-order chi connectivity index (χ1) is 8.80. The van der Waals surface area contributed by atoms with Gasteiger partial charge in [0.25, 0.3) is 0 Å². The van der Waals surface area contributed by atoms with Crippen LogP contribution < -0.4 is 11.1 Å². The van der Waals surface area contributed by atoms with Crippen LogP contribution in [-0.2, 0) is 9.59 Å². The zero-order chi connectivity index (χ0) is 14.6. The Bertz CT molecular complexity index is 377. The average Bonchev–Trinajstić information content (AvgIpc) is 2.38. The molecular formula is C12H21N3O4. The van der Waals surface area contributed by atoms with Gasteiger partial charge in [-0.15, -0.1) is 0 Å². The molecule has 3 amide bonds. The van der Waals surface area contributed by atoms with Crippen LogP contribution in [0.4, 0.5) is 4.79 Å². The summed E-state index contributed by atoms with van der Waals surface area (Å²) in [6.07, 6.45) is 1.35. The maximum absolute atomic E-state index is 12.0. The molecule has 1 unspecified atom stereocenters. The van der Waals surface area contributed by atoms with E-state index in [0.29, 0.717) is 32.4 Å². The van der Waals surface area contributed by atoms with Crippen LogP contribution in [0.1, 0.15) is 33.1 Å². The Kier molecular flexibility index (Phi) is 4.74. The van der Waals surface area contributed by atoms with Gasteiger partial charge >= 0.3 is 12.0 Å². The molecule has 0 spiro atoms. The number of primary amides is 1. The predicted molar refractivity (Wildman–Crippen MR) is 68.4 cm³/mol. The molecule has 1 fully saturated rings. The number of nitrogens with two attached hydrogens (primary N) is 1. The summed E-state index contributed by atoms with van der Waals surface area (Å²) in [5.74, 6) is -1.60. The van der Waals surface area contributed by atoms with Crippen LogP contribution in [-0.4, -0.2) is 46.5 Å². The third kappa shape index (κ3) is 3.59. The Morgan fingerprint density at radius 3 is 2.26 bits per heavy atom. The highest BCUT2D eigenvalue weighted by molar-refractivity contribution is 5.86. The van der Waals surface area contributed by atoms with Crippen LogP contribution >= 0.6 is 0 Å². The zero-order valence-corrected chi connectivity index (χ0v) is 11.3. The second kappa shape index (κ2) is 5.90. The molecule has 1 heterocycles. The summed E-state index contributed by atoms with van der Waals surface area (Å²) in [5.41, 5.74) is 3.95. The number of carboxylic acids is 1. The molecule has 1 atom stereocenters. The van der Waals surface area contributed by atoms with E-state index in [-0.39, 0.29) is 11.8 Å². The molecule has 1 aliphatic rings. The molecule has 4 N–H and O–H groups in total. The largest absolute Gasteiger partial charge is 0.480 e. The van der Waals surface area contributed by atoms with Crippen LogP contribution in [0.5, 0.6) is 0 Å². The lowest BCUT2D eigenvalue weighted by Gasteiger charge is -2.34.